The van der Waals surface area contributed by atoms with Gasteiger partial charge < -0.3 is 20.3 Å². The molecule has 6 nitrogen and oxygen atoms in total. The summed E-state index contributed by atoms with van der Waals surface area (Å²) >= 11 is 0. The maximum atomic E-state index is 12.3. The van der Waals surface area contributed by atoms with Gasteiger partial charge in [0.15, 0.2) is 0 Å². The lowest BCUT2D eigenvalue weighted by Crippen LogP contribution is -2.32. The summed E-state index contributed by atoms with van der Waals surface area (Å²) < 4.78 is 5.79. The number of aldehydes is 1. The molecule has 1 aliphatic carbocycles. The van der Waals surface area contributed by atoms with Crippen molar-refractivity contribution in [3.8, 4) is 0 Å². The molecule has 1 atom stereocenters. The minimum Gasteiger partial charge on any atom is -0.457 e. The molecule has 6 heteroatoms. The first-order chi connectivity index (χ1) is 14.6. The predicted molar refractivity (Wildman–Crippen MR) is 120 cm³/mol. The number of hydrogen-bond donors (Lipinski definition) is 2. The van der Waals surface area contributed by atoms with E-state index in [-0.39, 0.29) is 12.8 Å². The van der Waals surface area contributed by atoms with Gasteiger partial charge in [-0.15, -0.1) is 0 Å². The lowest BCUT2D eigenvalue weighted by molar-refractivity contribution is -0.150. The van der Waals surface area contributed by atoms with E-state index in [9.17, 15) is 9.59 Å². The second-order valence-corrected chi connectivity index (χ2v) is 6.68. The van der Waals surface area contributed by atoms with Gasteiger partial charge in [-0.3, -0.25) is 4.79 Å². The van der Waals surface area contributed by atoms with Crippen molar-refractivity contribution >= 4 is 23.6 Å². The molecule has 0 bridgehead atoms. The molecule has 30 heavy (non-hydrogen) atoms. The van der Waals surface area contributed by atoms with E-state index in [2.05, 4.69) is 0 Å². The standard InChI is InChI=1S/C22H25N3O3.C2H6/c1-2-25(24)22-18-11-6-5-10-17(18)19(28-20(27)12-7-13-26)14-15-8-3-4-9-16(15)21(22)23;1-2/h3-6,8-11,13,19H,2,7,12,14,23-24H2,1H3;1-2H3/b22-21-;. The first-order valence-corrected chi connectivity index (χ1v) is 10.4. The maximum absolute atomic E-state index is 12.3. The number of carbonyl (C=O) groups is 2. The Hall–Kier alpha value is -3.12. The van der Waals surface area contributed by atoms with Gasteiger partial charge in [0.1, 0.15) is 12.4 Å². The third-order valence-electron chi connectivity index (χ3n) is 4.90. The Bertz CT molecular complexity index is 908. The van der Waals surface area contributed by atoms with Crippen molar-refractivity contribution in [2.75, 3.05) is 6.54 Å². The van der Waals surface area contributed by atoms with Crippen molar-refractivity contribution in [1.82, 2.24) is 5.01 Å². The molecule has 1 unspecified atom stereocenters. The van der Waals surface area contributed by atoms with Crippen molar-refractivity contribution in [2.24, 2.45) is 11.6 Å². The Labute approximate surface area is 178 Å². The van der Waals surface area contributed by atoms with Crippen LogP contribution in [0.2, 0.25) is 0 Å². The van der Waals surface area contributed by atoms with Crippen molar-refractivity contribution in [3.63, 3.8) is 0 Å². The van der Waals surface area contributed by atoms with Gasteiger partial charge in [-0.05, 0) is 12.5 Å². The monoisotopic (exact) mass is 409 g/mol. The highest BCUT2D eigenvalue weighted by molar-refractivity contribution is 5.90. The average Bonchev–Trinajstić information content (AvgIpc) is 2.78. The van der Waals surface area contributed by atoms with E-state index in [4.69, 9.17) is 16.3 Å². The Morgan fingerprint density at radius 3 is 2.43 bits per heavy atom. The Kier molecular flexibility index (Phi) is 8.62. The molecule has 1 aliphatic rings. The fourth-order valence-corrected chi connectivity index (χ4v) is 3.50. The van der Waals surface area contributed by atoms with Crippen molar-refractivity contribution in [3.05, 3.63) is 70.8 Å². The fraction of sp³-hybridized carbons (Fsp3) is 0.333. The predicted octanol–water partition coefficient (Wildman–Crippen LogP) is 3.81. The van der Waals surface area contributed by atoms with Crippen molar-refractivity contribution in [1.29, 1.82) is 0 Å². The quantitative estimate of drug-likeness (QED) is 0.326. The first-order valence-electron chi connectivity index (χ1n) is 10.4. The number of ether oxygens (including phenoxy) is 1. The van der Waals surface area contributed by atoms with E-state index in [0.29, 0.717) is 24.4 Å². The number of esters is 1. The molecule has 4 N–H and O–H groups in total. The second-order valence-electron chi connectivity index (χ2n) is 6.68. The van der Waals surface area contributed by atoms with Gasteiger partial charge in [0.2, 0.25) is 0 Å². The summed E-state index contributed by atoms with van der Waals surface area (Å²) in [5.74, 6) is 5.89. The molecule has 160 valence electrons. The molecule has 0 heterocycles. The maximum Gasteiger partial charge on any atom is 0.306 e. The molecule has 0 spiro atoms. The van der Waals surface area contributed by atoms with E-state index >= 15 is 0 Å². The van der Waals surface area contributed by atoms with Crippen molar-refractivity contribution < 1.29 is 14.3 Å². The number of fused-ring (bicyclic) bond motifs is 2. The largest absolute Gasteiger partial charge is 0.457 e. The SMILES string of the molecule is CC.CCN(N)/C1=C(\N)c2ccccc2CC(OC(=O)CCC=O)c2ccccc21. The number of nitrogens with two attached hydrogens (primary N) is 2. The minimum atomic E-state index is -0.496. The van der Waals surface area contributed by atoms with Crippen LogP contribution < -0.4 is 11.6 Å². The first kappa shape index (κ1) is 23.2. The number of rotatable bonds is 6. The third-order valence-corrected chi connectivity index (χ3v) is 4.90. The molecule has 0 radical (unpaired) electrons. The Morgan fingerprint density at radius 1 is 1.13 bits per heavy atom. The molecule has 0 saturated carbocycles. The number of hydrogen-bond acceptors (Lipinski definition) is 6. The average molecular weight is 410 g/mol. The highest BCUT2D eigenvalue weighted by Crippen LogP contribution is 2.37. The fourth-order valence-electron chi connectivity index (χ4n) is 3.50. The zero-order valence-corrected chi connectivity index (χ0v) is 17.9. The van der Waals surface area contributed by atoms with E-state index in [0.717, 1.165) is 28.5 Å². The van der Waals surface area contributed by atoms with Crippen LogP contribution in [0.4, 0.5) is 0 Å². The van der Waals surface area contributed by atoms with Crippen LogP contribution in [0.1, 0.15) is 62.0 Å². The summed E-state index contributed by atoms with van der Waals surface area (Å²) in [4.78, 5) is 22.9. The van der Waals surface area contributed by atoms with Gasteiger partial charge in [-0.1, -0.05) is 62.4 Å². The normalized spacial score (nSPS) is 17.3. The topological polar surface area (TPSA) is 98.7 Å². The summed E-state index contributed by atoms with van der Waals surface area (Å²) in [5.41, 5.74) is 11.4. The van der Waals surface area contributed by atoms with Crippen LogP contribution in [-0.4, -0.2) is 23.8 Å². The number of nitrogens with zero attached hydrogens (tertiary/aromatic N) is 1. The summed E-state index contributed by atoms with van der Waals surface area (Å²) in [5, 5.41) is 1.61. The smallest absolute Gasteiger partial charge is 0.306 e. The van der Waals surface area contributed by atoms with Gasteiger partial charge in [0, 0.05) is 36.1 Å². The van der Waals surface area contributed by atoms with Crippen LogP contribution in [0, 0.1) is 0 Å². The summed E-state index contributed by atoms with van der Waals surface area (Å²) in [6.07, 6.45) is 0.924. The van der Waals surface area contributed by atoms with Gasteiger partial charge in [-0.25, -0.2) is 5.84 Å². The van der Waals surface area contributed by atoms with Crippen LogP contribution in [0.15, 0.2) is 48.5 Å². The summed E-state index contributed by atoms with van der Waals surface area (Å²) in [6, 6.07) is 15.5. The Morgan fingerprint density at radius 2 is 1.77 bits per heavy atom. The Balaban J connectivity index is 0.00000155. The van der Waals surface area contributed by atoms with Gasteiger partial charge >= 0.3 is 5.97 Å². The van der Waals surface area contributed by atoms with Gasteiger partial charge in [-0.2, -0.15) is 0 Å². The molecular formula is C24H31N3O3. The molecule has 0 aromatic heterocycles. The zero-order valence-electron chi connectivity index (χ0n) is 17.9. The van der Waals surface area contributed by atoms with Crippen LogP contribution in [-0.2, 0) is 20.7 Å². The molecule has 2 aromatic carbocycles. The van der Waals surface area contributed by atoms with Crippen LogP contribution in [0.3, 0.4) is 0 Å². The molecule has 0 aliphatic heterocycles. The van der Waals surface area contributed by atoms with Crippen LogP contribution >= 0.6 is 0 Å². The molecule has 0 amide bonds. The summed E-state index contributed by atoms with van der Waals surface area (Å²) in [7, 11) is 0. The highest BCUT2D eigenvalue weighted by Gasteiger charge is 2.28. The summed E-state index contributed by atoms with van der Waals surface area (Å²) in [6.45, 7) is 6.51. The van der Waals surface area contributed by atoms with Gasteiger partial charge in [0.25, 0.3) is 0 Å². The lowest BCUT2D eigenvalue weighted by atomic mass is 9.87. The molecule has 3 rings (SSSR count). The third kappa shape index (κ3) is 5.07. The molecule has 0 fully saturated rings. The van der Waals surface area contributed by atoms with E-state index in [1.165, 1.54) is 0 Å². The molecular weight excluding hydrogens is 378 g/mol. The van der Waals surface area contributed by atoms with Gasteiger partial charge in [0.05, 0.1) is 17.8 Å². The number of carbonyl (C=O) groups excluding carboxylic acids is 2. The van der Waals surface area contributed by atoms with Crippen LogP contribution in [0.5, 0.6) is 0 Å². The van der Waals surface area contributed by atoms with E-state index in [1.54, 1.807) is 5.01 Å². The lowest BCUT2D eigenvalue weighted by Gasteiger charge is -2.30. The molecule has 2 aromatic rings. The number of benzene rings is 2. The van der Waals surface area contributed by atoms with E-state index in [1.807, 2.05) is 69.3 Å². The van der Waals surface area contributed by atoms with Crippen molar-refractivity contribution in [2.45, 2.75) is 46.1 Å². The van der Waals surface area contributed by atoms with Crippen LogP contribution in [0.25, 0.3) is 11.4 Å². The molecule has 0 saturated heterocycles. The number of hydrazine groups is 1. The minimum absolute atomic E-state index is 0.0621. The zero-order chi connectivity index (χ0) is 22.1. The van der Waals surface area contributed by atoms with E-state index < -0.39 is 12.1 Å². The second kappa shape index (κ2) is 11.2. The highest BCUT2D eigenvalue weighted by atomic mass is 16.5.